The summed E-state index contributed by atoms with van der Waals surface area (Å²) in [6.45, 7) is 1.60. The lowest BCUT2D eigenvalue weighted by Crippen LogP contribution is -2.10. The van der Waals surface area contributed by atoms with Crippen LogP contribution in [0.15, 0.2) is 66.2 Å². The smallest absolute Gasteiger partial charge is 0.341 e. The van der Waals surface area contributed by atoms with Gasteiger partial charge >= 0.3 is 11.9 Å². The molecule has 0 unspecified atom stereocenters. The number of esters is 2. The van der Waals surface area contributed by atoms with E-state index in [1.165, 1.54) is 6.08 Å². The minimum Gasteiger partial charge on any atom is -0.496 e. The fourth-order valence-electron chi connectivity index (χ4n) is 2.03. The van der Waals surface area contributed by atoms with Gasteiger partial charge in [-0.1, -0.05) is 48.5 Å². The molecule has 0 saturated heterocycles. The van der Waals surface area contributed by atoms with Crippen molar-refractivity contribution < 1.29 is 19.1 Å². The lowest BCUT2D eigenvalue weighted by molar-refractivity contribution is -0.153. The van der Waals surface area contributed by atoms with Crippen LogP contribution >= 0.6 is 0 Å². The van der Waals surface area contributed by atoms with Gasteiger partial charge in [0.25, 0.3) is 0 Å². The van der Waals surface area contributed by atoms with Gasteiger partial charge in [-0.3, -0.25) is 0 Å². The summed E-state index contributed by atoms with van der Waals surface area (Å²) in [5.41, 5.74) is 1.94. The van der Waals surface area contributed by atoms with Crippen LogP contribution in [0.25, 0.3) is 12.2 Å². The fraction of sp³-hybridized carbons (Fsp3) is 0.100. The summed E-state index contributed by atoms with van der Waals surface area (Å²) < 4.78 is 9.99. The molecule has 0 aliphatic heterocycles. The van der Waals surface area contributed by atoms with Crippen molar-refractivity contribution in [3.63, 3.8) is 0 Å². The lowest BCUT2D eigenvalue weighted by atomic mass is 10.1. The predicted octanol–water partition coefficient (Wildman–Crippen LogP) is 3.88. The van der Waals surface area contributed by atoms with Crippen LogP contribution in [0, 0.1) is 0 Å². The minimum absolute atomic E-state index is 0.347. The summed E-state index contributed by atoms with van der Waals surface area (Å²) in [4.78, 5) is 23.7. The monoisotopic (exact) mass is 322 g/mol. The highest BCUT2D eigenvalue weighted by Gasteiger charge is 2.10. The van der Waals surface area contributed by atoms with Crippen LogP contribution < -0.4 is 4.74 Å². The molecule has 0 aliphatic rings. The van der Waals surface area contributed by atoms with Crippen molar-refractivity contribution in [2.24, 2.45) is 0 Å². The van der Waals surface area contributed by atoms with Gasteiger partial charge in [-0.15, -0.1) is 0 Å². The predicted molar refractivity (Wildman–Crippen MR) is 93.2 cm³/mol. The first kappa shape index (κ1) is 17.2. The van der Waals surface area contributed by atoms with E-state index in [0.29, 0.717) is 11.3 Å². The minimum atomic E-state index is -0.730. The Kier molecular flexibility index (Phi) is 6.08. The van der Waals surface area contributed by atoms with E-state index in [1.54, 1.807) is 38.3 Å². The maximum Gasteiger partial charge on any atom is 0.341 e. The van der Waals surface area contributed by atoms with Crippen LogP contribution in [-0.4, -0.2) is 19.0 Å². The summed E-state index contributed by atoms with van der Waals surface area (Å²) in [6.07, 6.45) is 4.41. The molecule has 0 amide bonds. The Labute approximate surface area is 141 Å². The number of hydrogen-bond acceptors (Lipinski definition) is 4. The molecule has 0 N–H and O–H groups in total. The van der Waals surface area contributed by atoms with E-state index in [-0.39, 0.29) is 0 Å². The molecule has 2 aromatic carbocycles. The van der Waals surface area contributed by atoms with Crippen LogP contribution in [0.3, 0.4) is 0 Å². The topological polar surface area (TPSA) is 52.6 Å². The van der Waals surface area contributed by atoms with Crippen molar-refractivity contribution in [3.05, 3.63) is 77.4 Å². The number of para-hydroxylation sites is 1. The molecule has 4 heteroatoms. The highest BCUT2D eigenvalue weighted by atomic mass is 16.6. The SMILES string of the molecule is COc1ccccc1C=CC(=O)OC(=O)C(C)=Cc1ccccc1. The van der Waals surface area contributed by atoms with E-state index >= 15 is 0 Å². The normalized spacial score (nSPS) is 11.3. The van der Waals surface area contributed by atoms with E-state index in [1.807, 2.05) is 42.5 Å². The summed E-state index contributed by atoms with van der Waals surface area (Å²) in [5.74, 6) is -0.770. The molecule has 122 valence electrons. The van der Waals surface area contributed by atoms with Crippen LogP contribution in [0.2, 0.25) is 0 Å². The van der Waals surface area contributed by atoms with Gasteiger partial charge in [0, 0.05) is 17.2 Å². The number of carbonyl (C=O) groups is 2. The van der Waals surface area contributed by atoms with Crippen LogP contribution in [0.5, 0.6) is 5.75 Å². The lowest BCUT2D eigenvalue weighted by Gasteiger charge is -2.03. The molecule has 2 aromatic rings. The fourth-order valence-corrected chi connectivity index (χ4v) is 2.03. The second-order valence-corrected chi connectivity index (χ2v) is 5.02. The molecule has 0 spiro atoms. The molecular formula is C20H18O4. The average molecular weight is 322 g/mol. The summed E-state index contributed by atoms with van der Waals surface area (Å²) in [5, 5.41) is 0. The third-order valence-corrected chi connectivity index (χ3v) is 3.24. The zero-order chi connectivity index (χ0) is 17.4. The highest BCUT2D eigenvalue weighted by Crippen LogP contribution is 2.18. The van der Waals surface area contributed by atoms with E-state index in [2.05, 4.69) is 0 Å². The van der Waals surface area contributed by atoms with Gasteiger partial charge in [0.1, 0.15) is 5.75 Å². The van der Waals surface area contributed by atoms with Crippen LogP contribution in [0.1, 0.15) is 18.1 Å². The Bertz CT molecular complexity index is 773. The molecule has 0 fully saturated rings. The number of carbonyl (C=O) groups excluding carboxylic acids is 2. The standard InChI is InChI=1S/C20H18O4/c1-15(14-16-8-4-3-5-9-16)20(22)24-19(21)13-12-17-10-6-7-11-18(17)23-2/h3-14H,1-2H3. The summed E-state index contributed by atoms with van der Waals surface area (Å²) >= 11 is 0. The molecule has 0 heterocycles. The van der Waals surface area contributed by atoms with Crippen molar-refractivity contribution in [3.8, 4) is 5.75 Å². The van der Waals surface area contributed by atoms with E-state index in [0.717, 1.165) is 11.1 Å². The van der Waals surface area contributed by atoms with E-state index in [4.69, 9.17) is 9.47 Å². The van der Waals surface area contributed by atoms with Gasteiger partial charge in [0.15, 0.2) is 0 Å². The van der Waals surface area contributed by atoms with Gasteiger partial charge in [0.2, 0.25) is 0 Å². The van der Waals surface area contributed by atoms with Crippen LogP contribution in [-0.2, 0) is 14.3 Å². The van der Waals surface area contributed by atoms with Crippen molar-refractivity contribution >= 4 is 24.1 Å². The Morgan fingerprint density at radius 2 is 1.62 bits per heavy atom. The Hall–Kier alpha value is -3.14. The summed E-state index contributed by atoms with van der Waals surface area (Å²) in [6, 6.07) is 16.6. The molecule has 0 radical (unpaired) electrons. The molecule has 2 rings (SSSR count). The van der Waals surface area contributed by atoms with Crippen molar-refractivity contribution in [1.29, 1.82) is 0 Å². The van der Waals surface area contributed by atoms with Gasteiger partial charge in [-0.2, -0.15) is 0 Å². The third-order valence-electron chi connectivity index (χ3n) is 3.24. The Morgan fingerprint density at radius 3 is 2.33 bits per heavy atom. The Balaban J connectivity index is 2.00. The average Bonchev–Trinajstić information content (AvgIpc) is 2.61. The molecule has 0 aromatic heterocycles. The molecule has 0 bridgehead atoms. The molecule has 0 saturated carbocycles. The third kappa shape index (κ3) is 4.95. The van der Waals surface area contributed by atoms with Crippen molar-refractivity contribution in [2.75, 3.05) is 7.11 Å². The highest BCUT2D eigenvalue weighted by molar-refractivity contribution is 6.02. The summed E-state index contributed by atoms with van der Waals surface area (Å²) in [7, 11) is 1.55. The first-order valence-electron chi connectivity index (χ1n) is 7.40. The molecular weight excluding hydrogens is 304 g/mol. The van der Waals surface area contributed by atoms with Crippen molar-refractivity contribution in [1.82, 2.24) is 0 Å². The molecule has 0 atom stereocenters. The van der Waals surface area contributed by atoms with E-state index < -0.39 is 11.9 Å². The number of rotatable bonds is 5. The van der Waals surface area contributed by atoms with E-state index in [9.17, 15) is 9.59 Å². The van der Waals surface area contributed by atoms with Gasteiger partial charge in [0.05, 0.1) is 7.11 Å². The second kappa shape index (κ2) is 8.48. The van der Waals surface area contributed by atoms with Crippen molar-refractivity contribution in [2.45, 2.75) is 6.92 Å². The Morgan fingerprint density at radius 1 is 0.958 bits per heavy atom. The number of hydrogen-bond donors (Lipinski definition) is 0. The van der Waals surface area contributed by atoms with Gasteiger partial charge in [-0.25, -0.2) is 9.59 Å². The first-order chi connectivity index (χ1) is 11.6. The molecule has 24 heavy (non-hydrogen) atoms. The quantitative estimate of drug-likeness (QED) is 0.476. The van der Waals surface area contributed by atoms with Crippen LogP contribution in [0.4, 0.5) is 0 Å². The maximum atomic E-state index is 11.9. The number of benzene rings is 2. The first-order valence-corrected chi connectivity index (χ1v) is 7.40. The molecule has 4 nitrogen and oxygen atoms in total. The van der Waals surface area contributed by atoms with Gasteiger partial charge in [-0.05, 0) is 30.7 Å². The second-order valence-electron chi connectivity index (χ2n) is 5.02. The maximum absolute atomic E-state index is 11.9. The number of methoxy groups -OCH3 is 1. The number of ether oxygens (including phenoxy) is 2. The zero-order valence-electron chi connectivity index (χ0n) is 13.6. The molecule has 0 aliphatic carbocycles. The van der Waals surface area contributed by atoms with Gasteiger partial charge < -0.3 is 9.47 Å². The zero-order valence-corrected chi connectivity index (χ0v) is 13.6. The largest absolute Gasteiger partial charge is 0.496 e.